The van der Waals surface area contributed by atoms with Gasteiger partial charge in [-0.15, -0.1) is 11.3 Å². The lowest BCUT2D eigenvalue weighted by atomic mass is 10.1. The van der Waals surface area contributed by atoms with Crippen molar-refractivity contribution in [3.63, 3.8) is 0 Å². The number of aromatic nitrogens is 2. The average Bonchev–Trinajstić information content (AvgIpc) is 3.14. The maximum Gasteiger partial charge on any atom is 0.337 e. The molecule has 1 N–H and O–H groups in total. The highest BCUT2D eigenvalue weighted by Gasteiger charge is 2.13. The number of fused-ring (bicyclic) bond motifs is 4. The van der Waals surface area contributed by atoms with Crippen molar-refractivity contribution >= 4 is 60.4 Å². The number of nitrogens with zero attached hydrogens (tertiary/aromatic N) is 2. The lowest BCUT2D eigenvalue weighted by molar-refractivity contribution is 0.0600. The van der Waals surface area contributed by atoms with Crippen LogP contribution in [-0.2, 0) is 4.74 Å². The highest BCUT2D eigenvalue weighted by molar-refractivity contribution is 7.25. The molecule has 0 unspecified atom stereocenters. The molecule has 5 rings (SSSR count). The number of carbonyl (C=O) groups is 2. The van der Waals surface area contributed by atoms with E-state index in [-0.39, 0.29) is 5.91 Å². The molecule has 0 spiro atoms. The second-order valence-corrected chi connectivity index (χ2v) is 7.73. The van der Waals surface area contributed by atoms with Crippen LogP contribution in [0.25, 0.3) is 31.5 Å². The smallest absolute Gasteiger partial charge is 0.337 e. The van der Waals surface area contributed by atoms with Crippen molar-refractivity contribution in [2.24, 2.45) is 0 Å². The van der Waals surface area contributed by atoms with Crippen LogP contribution >= 0.6 is 11.3 Å². The minimum atomic E-state index is -0.420. The molecule has 146 valence electrons. The van der Waals surface area contributed by atoms with Crippen LogP contribution < -0.4 is 5.32 Å². The summed E-state index contributed by atoms with van der Waals surface area (Å²) in [6, 6.07) is 19.8. The number of para-hydroxylation sites is 2. The van der Waals surface area contributed by atoms with E-state index in [1.54, 1.807) is 41.7 Å². The second kappa shape index (κ2) is 7.20. The molecule has 0 bridgehead atoms. The van der Waals surface area contributed by atoms with Crippen molar-refractivity contribution in [1.29, 1.82) is 0 Å². The Morgan fingerprint density at radius 2 is 1.60 bits per heavy atom. The lowest BCUT2D eigenvalue weighted by Gasteiger charge is -2.06. The molecule has 2 heterocycles. The second-order valence-electron chi connectivity index (χ2n) is 6.70. The van der Waals surface area contributed by atoms with E-state index in [0.717, 1.165) is 31.5 Å². The largest absolute Gasteiger partial charge is 0.465 e. The van der Waals surface area contributed by atoms with Gasteiger partial charge in [-0.05, 0) is 54.6 Å². The van der Waals surface area contributed by atoms with Crippen LogP contribution in [0.5, 0.6) is 0 Å². The molecule has 0 radical (unpaired) electrons. The first-order valence-electron chi connectivity index (χ1n) is 9.21. The number of benzene rings is 3. The van der Waals surface area contributed by atoms with E-state index in [1.165, 1.54) is 7.11 Å². The Balaban J connectivity index is 1.49. The van der Waals surface area contributed by atoms with Gasteiger partial charge in [-0.3, -0.25) is 4.79 Å². The van der Waals surface area contributed by atoms with Gasteiger partial charge in [-0.2, -0.15) is 0 Å². The van der Waals surface area contributed by atoms with E-state index in [4.69, 9.17) is 9.97 Å². The third-order valence-corrected chi connectivity index (χ3v) is 5.86. The van der Waals surface area contributed by atoms with E-state index >= 15 is 0 Å². The van der Waals surface area contributed by atoms with Crippen molar-refractivity contribution < 1.29 is 14.3 Å². The molecule has 6 nitrogen and oxygen atoms in total. The summed E-state index contributed by atoms with van der Waals surface area (Å²) in [5.41, 5.74) is 4.01. The highest BCUT2D eigenvalue weighted by atomic mass is 32.1. The molecule has 0 saturated heterocycles. The molecule has 2 aromatic heterocycles. The summed E-state index contributed by atoms with van der Waals surface area (Å²) in [4.78, 5) is 34.6. The number of rotatable bonds is 3. The highest BCUT2D eigenvalue weighted by Crippen LogP contribution is 2.33. The monoisotopic (exact) mass is 413 g/mol. The van der Waals surface area contributed by atoms with Gasteiger partial charge in [0.25, 0.3) is 5.91 Å². The van der Waals surface area contributed by atoms with Crippen LogP contribution in [0.15, 0.2) is 66.7 Å². The number of amides is 1. The van der Waals surface area contributed by atoms with E-state index in [2.05, 4.69) is 10.1 Å². The molecule has 5 aromatic rings. The maximum absolute atomic E-state index is 12.8. The third-order valence-electron chi connectivity index (χ3n) is 4.81. The Morgan fingerprint density at radius 1 is 0.900 bits per heavy atom. The van der Waals surface area contributed by atoms with Crippen molar-refractivity contribution in [3.05, 3.63) is 77.9 Å². The number of carbonyl (C=O) groups excluding carboxylic acids is 2. The molecular weight excluding hydrogens is 398 g/mol. The van der Waals surface area contributed by atoms with Gasteiger partial charge in [0.15, 0.2) is 0 Å². The van der Waals surface area contributed by atoms with Gasteiger partial charge in [-0.25, -0.2) is 14.8 Å². The number of methoxy groups -OCH3 is 1. The zero-order valence-corrected chi connectivity index (χ0v) is 16.7. The molecule has 0 saturated carbocycles. The van der Waals surface area contributed by atoms with Crippen molar-refractivity contribution in [1.82, 2.24) is 9.97 Å². The zero-order chi connectivity index (χ0) is 20.7. The molecule has 7 heteroatoms. The lowest BCUT2D eigenvalue weighted by Crippen LogP contribution is -2.12. The predicted octanol–water partition coefficient (Wildman–Crippen LogP) is 5.04. The van der Waals surface area contributed by atoms with Crippen LogP contribution in [0.1, 0.15) is 20.7 Å². The fourth-order valence-electron chi connectivity index (χ4n) is 3.29. The fraction of sp³-hybridized carbons (Fsp3) is 0.0435. The van der Waals surface area contributed by atoms with E-state index in [0.29, 0.717) is 16.8 Å². The molecule has 1 amide bonds. The molecule has 0 fully saturated rings. The Hall–Kier alpha value is -3.84. The number of esters is 1. The minimum Gasteiger partial charge on any atom is -0.465 e. The van der Waals surface area contributed by atoms with Gasteiger partial charge in [0.05, 0.1) is 23.7 Å². The van der Waals surface area contributed by atoms with Crippen LogP contribution in [0.4, 0.5) is 5.69 Å². The number of anilines is 1. The van der Waals surface area contributed by atoms with Gasteiger partial charge in [0.2, 0.25) is 0 Å². The molecule has 0 aliphatic rings. The average molecular weight is 413 g/mol. The number of thiophene rings is 1. The minimum absolute atomic E-state index is 0.240. The van der Waals surface area contributed by atoms with Crippen molar-refractivity contribution in [2.75, 3.05) is 12.4 Å². The van der Waals surface area contributed by atoms with Crippen LogP contribution in [0.3, 0.4) is 0 Å². The zero-order valence-electron chi connectivity index (χ0n) is 15.9. The Morgan fingerprint density at radius 3 is 2.33 bits per heavy atom. The van der Waals surface area contributed by atoms with Gasteiger partial charge in [0.1, 0.15) is 10.3 Å². The van der Waals surface area contributed by atoms with Crippen molar-refractivity contribution in [3.8, 4) is 0 Å². The topological polar surface area (TPSA) is 81.2 Å². The van der Waals surface area contributed by atoms with Crippen LogP contribution in [-0.4, -0.2) is 29.0 Å². The van der Waals surface area contributed by atoms with Crippen LogP contribution in [0, 0.1) is 0 Å². The van der Waals surface area contributed by atoms with E-state index in [1.807, 2.05) is 36.4 Å². The Kier molecular flexibility index (Phi) is 4.37. The Bertz CT molecular complexity index is 1440. The summed E-state index contributed by atoms with van der Waals surface area (Å²) in [5.74, 6) is -0.660. The number of nitrogens with one attached hydrogen (secondary N) is 1. The molecule has 0 aliphatic carbocycles. The maximum atomic E-state index is 12.8. The predicted molar refractivity (Wildman–Crippen MR) is 118 cm³/mol. The summed E-state index contributed by atoms with van der Waals surface area (Å²) >= 11 is 1.56. The van der Waals surface area contributed by atoms with Gasteiger partial charge in [0, 0.05) is 21.3 Å². The summed E-state index contributed by atoms with van der Waals surface area (Å²) in [6.07, 6.45) is 0. The number of hydrogen-bond acceptors (Lipinski definition) is 6. The standard InChI is InChI=1S/C23H15N3O3S/c1-29-23(28)13-6-9-15(10-7-13)24-21(27)14-8-11-19-16(12-14)20-22(30-19)26-18-5-3-2-4-17(18)25-20/h2-12H,1H3,(H,24,27). The first-order chi connectivity index (χ1) is 14.6. The van der Waals surface area contributed by atoms with E-state index < -0.39 is 5.97 Å². The summed E-state index contributed by atoms with van der Waals surface area (Å²) in [7, 11) is 1.33. The molecular formula is C23H15N3O3S. The van der Waals surface area contributed by atoms with Crippen molar-refractivity contribution in [2.45, 2.75) is 0 Å². The van der Waals surface area contributed by atoms with Gasteiger partial charge >= 0.3 is 5.97 Å². The summed E-state index contributed by atoms with van der Waals surface area (Å²) in [6.45, 7) is 0. The Labute approximate surface area is 175 Å². The fourth-order valence-corrected chi connectivity index (χ4v) is 4.30. The normalized spacial score (nSPS) is 11.1. The number of ether oxygens (including phenoxy) is 1. The molecule has 0 atom stereocenters. The van der Waals surface area contributed by atoms with E-state index in [9.17, 15) is 9.59 Å². The first kappa shape index (κ1) is 18.2. The third kappa shape index (κ3) is 3.15. The summed E-state index contributed by atoms with van der Waals surface area (Å²) in [5, 5.41) is 3.76. The first-order valence-corrected chi connectivity index (χ1v) is 10.0. The summed E-state index contributed by atoms with van der Waals surface area (Å²) < 4.78 is 5.71. The quantitative estimate of drug-likeness (QED) is 0.419. The molecule has 0 aliphatic heterocycles. The van der Waals surface area contributed by atoms with Gasteiger partial charge < -0.3 is 10.1 Å². The number of hydrogen-bond donors (Lipinski definition) is 1. The van der Waals surface area contributed by atoms with Gasteiger partial charge in [-0.1, -0.05) is 12.1 Å². The SMILES string of the molecule is COC(=O)c1ccc(NC(=O)c2ccc3sc4nc5ccccc5nc4c3c2)cc1. The molecule has 30 heavy (non-hydrogen) atoms. The van der Waals surface area contributed by atoms with Crippen LogP contribution in [0.2, 0.25) is 0 Å². The molecule has 3 aromatic carbocycles.